The monoisotopic (exact) mass is 352 g/mol. The number of hydrogen-bond donors (Lipinski definition) is 3. The third kappa shape index (κ3) is 4.67. The minimum atomic E-state index is -0.252. The van der Waals surface area contributed by atoms with Gasteiger partial charge in [-0.2, -0.15) is 10.1 Å². The molecule has 25 heavy (non-hydrogen) atoms. The molecule has 3 rings (SSSR count). The van der Waals surface area contributed by atoms with E-state index < -0.39 is 0 Å². The molecule has 0 radical (unpaired) electrons. The maximum absolute atomic E-state index is 12.1. The second-order valence-corrected chi connectivity index (χ2v) is 5.96. The van der Waals surface area contributed by atoms with Crippen molar-refractivity contribution >= 4 is 29.3 Å². The minimum Gasteiger partial charge on any atom is -0.368 e. The first kappa shape index (κ1) is 16.7. The molecule has 0 saturated heterocycles. The number of hydrazone groups is 1. The first-order chi connectivity index (χ1) is 12.2. The number of aromatic amines is 1. The molecule has 0 fully saturated rings. The molecule has 0 spiro atoms. The zero-order valence-electron chi connectivity index (χ0n) is 13.2. The van der Waals surface area contributed by atoms with Gasteiger partial charge in [0.2, 0.25) is 11.1 Å². The topological polar surface area (TPSA) is 109 Å². The van der Waals surface area contributed by atoms with Crippen LogP contribution in [0.4, 0.5) is 5.95 Å². The number of nitrogen functional groups attached to an aromatic ring is 1. The van der Waals surface area contributed by atoms with E-state index in [1.165, 1.54) is 11.8 Å². The first-order valence-electron chi connectivity index (χ1n) is 7.50. The maximum Gasteiger partial charge on any atom is 0.250 e. The van der Waals surface area contributed by atoms with Gasteiger partial charge in [0.15, 0.2) is 0 Å². The molecule has 2 aromatic carbocycles. The van der Waals surface area contributed by atoms with Crippen LogP contribution in [0, 0.1) is 0 Å². The van der Waals surface area contributed by atoms with Crippen LogP contribution in [0.5, 0.6) is 0 Å². The third-order valence-electron chi connectivity index (χ3n) is 3.20. The Morgan fingerprint density at radius 1 is 1.08 bits per heavy atom. The van der Waals surface area contributed by atoms with Crippen molar-refractivity contribution in [3.63, 3.8) is 0 Å². The highest BCUT2D eigenvalue weighted by molar-refractivity contribution is 7.99. The lowest BCUT2D eigenvalue weighted by atomic mass is 10.0. The zero-order chi connectivity index (χ0) is 17.5. The fraction of sp³-hybridized carbons (Fsp3) is 0.0588. The van der Waals surface area contributed by atoms with Crippen LogP contribution >= 0.6 is 11.8 Å². The van der Waals surface area contributed by atoms with Gasteiger partial charge in [-0.15, -0.1) is 5.10 Å². The summed E-state index contributed by atoms with van der Waals surface area (Å²) in [5.41, 5.74) is 10.6. The third-order valence-corrected chi connectivity index (χ3v) is 4.05. The van der Waals surface area contributed by atoms with Crippen molar-refractivity contribution in [1.29, 1.82) is 0 Å². The van der Waals surface area contributed by atoms with Gasteiger partial charge in [0, 0.05) is 11.1 Å². The van der Waals surface area contributed by atoms with E-state index in [1.807, 2.05) is 60.7 Å². The van der Waals surface area contributed by atoms with Crippen LogP contribution in [0.15, 0.2) is 70.9 Å². The van der Waals surface area contributed by atoms with E-state index >= 15 is 0 Å². The quantitative estimate of drug-likeness (QED) is 0.357. The smallest absolute Gasteiger partial charge is 0.250 e. The molecule has 3 aromatic rings. The van der Waals surface area contributed by atoms with Gasteiger partial charge in [-0.05, 0) is 0 Å². The molecule has 0 aliphatic carbocycles. The van der Waals surface area contributed by atoms with Crippen molar-refractivity contribution in [3.05, 3.63) is 71.8 Å². The molecule has 0 bridgehead atoms. The van der Waals surface area contributed by atoms with Gasteiger partial charge in [0.05, 0.1) is 11.5 Å². The summed E-state index contributed by atoms with van der Waals surface area (Å²) in [6.45, 7) is 0. The molecular formula is C17H16N6OS. The highest BCUT2D eigenvalue weighted by Crippen LogP contribution is 2.13. The van der Waals surface area contributed by atoms with Crippen LogP contribution in [-0.2, 0) is 4.79 Å². The summed E-state index contributed by atoms with van der Waals surface area (Å²) in [6.07, 6.45) is 0. The molecule has 1 aromatic heterocycles. The molecule has 0 aliphatic rings. The summed E-state index contributed by atoms with van der Waals surface area (Å²) in [4.78, 5) is 16.0. The van der Waals surface area contributed by atoms with Crippen LogP contribution in [-0.4, -0.2) is 32.6 Å². The summed E-state index contributed by atoms with van der Waals surface area (Å²) in [6, 6.07) is 19.4. The number of aromatic nitrogens is 3. The molecule has 126 valence electrons. The number of nitrogens with one attached hydrogen (secondary N) is 2. The number of benzene rings is 2. The summed E-state index contributed by atoms with van der Waals surface area (Å²) in [5, 5.41) is 11.1. The Bertz CT molecular complexity index is 822. The number of nitrogens with two attached hydrogens (primary N) is 1. The molecule has 1 heterocycles. The van der Waals surface area contributed by atoms with E-state index in [1.54, 1.807) is 0 Å². The lowest BCUT2D eigenvalue weighted by molar-refractivity contribution is -0.118. The van der Waals surface area contributed by atoms with Crippen molar-refractivity contribution in [2.24, 2.45) is 5.10 Å². The Labute approximate surface area is 148 Å². The molecule has 1 amide bonds. The number of carbonyl (C=O) groups is 1. The molecule has 0 atom stereocenters. The lowest BCUT2D eigenvalue weighted by Gasteiger charge is -2.07. The normalized spacial score (nSPS) is 10.2. The van der Waals surface area contributed by atoms with Gasteiger partial charge in [0.1, 0.15) is 0 Å². The molecule has 0 saturated carbocycles. The summed E-state index contributed by atoms with van der Waals surface area (Å²) in [5.74, 6) is 0.103. The van der Waals surface area contributed by atoms with E-state index in [4.69, 9.17) is 5.73 Å². The molecule has 7 nitrogen and oxygen atoms in total. The van der Waals surface area contributed by atoms with E-state index in [-0.39, 0.29) is 17.6 Å². The fourth-order valence-corrected chi connectivity index (χ4v) is 2.69. The molecule has 4 N–H and O–H groups in total. The average molecular weight is 352 g/mol. The van der Waals surface area contributed by atoms with Crippen molar-refractivity contribution < 1.29 is 4.79 Å². The minimum absolute atomic E-state index is 0.137. The number of carbonyl (C=O) groups excluding carboxylic acids is 1. The summed E-state index contributed by atoms with van der Waals surface area (Å²) < 4.78 is 0. The van der Waals surface area contributed by atoms with Gasteiger partial charge in [-0.1, -0.05) is 72.4 Å². The van der Waals surface area contributed by atoms with E-state index in [9.17, 15) is 4.79 Å². The molecule has 0 aliphatic heterocycles. The van der Waals surface area contributed by atoms with Gasteiger partial charge in [0.25, 0.3) is 5.91 Å². The number of thioether (sulfide) groups is 1. The first-order valence-corrected chi connectivity index (χ1v) is 8.49. The van der Waals surface area contributed by atoms with Crippen LogP contribution in [0.1, 0.15) is 11.1 Å². The Balaban J connectivity index is 1.71. The highest BCUT2D eigenvalue weighted by atomic mass is 32.2. The number of nitrogens with zero attached hydrogens (tertiary/aromatic N) is 3. The Hall–Kier alpha value is -3.13. The predicted octanol–water partition coefficient (Wildman–Crippen LogP) is 2.05. The number of anilines is 1. The Kier molecular flexibility index (Phi) is 5.43. The fourth-order valence-electron chi connectivity index (χ4n) is 2.09. The summed E-state index contributed by atoms with van der Waals surface area (Å²) in [7, 11) is 0. The molecular weight excluding hydrogens is 336 g/mol. The van der Waals surface area contributed by atoms with Crippen molar-refractivity contribution in [3.8, 4) is 0 Å². The second-order valence-electron chi connectivity index (χ2n) is 5.02. The SMILES string of the molecule is Nc1nc(SCC(=O)NN=C(c2ccccc2)c2ccccc2)n[nH]1. The van der Waals surface area contributed by atoms with Gasteiger partial charge < -0.3 is 5.73 Å². The van der Waals surface area contributed by atoms with Crippen LogP contribution in [0.25, 0.3) is 0 Å². The molecule has 0 unspecified atom stereocenters. The standard InChI is InChI=1S/C17H16N6OS/c18-16-19-17(23-22-16)25-11-14(24)20-21-15(12-7-3-1-4-8-12)13-9-5-2-6-10-13/h1-10H,11H2,(H,20,24)(H3,18,19,22,23). The lowest BCUT2D eigenvalue weighted by Crippen LogP contribution is -2.22. The van der Waals surface area contributed by atoms with Crippen LogP contribution < -0.4 is 11.2 Å². The van der Waals surface area contributed by atoms with E-state index in [0.717, 1.165) is 11.1 Å². The molecule has 8 heteroatoms. The number of rotatable bonds is 6. The van der Waals surface area contributed by atoms with Crippen molar-refractivity contribution in [2.45, 2.75) is 5.16 Å². The van der Waals surface area contributed by atoms with Gasteiger partial charge >= 0.3 is 0 Å². The Morgan fingerprint density at radius 2 is 1.68 bits per heavy atom. The Morgan fingerprint density at radius 3 is 2.20 bits per heavy atom. The van der Waals surface area contributed by atoms with Gasteiger partial charge in [-0.3, -0.25) is 4.79 Å². The van der Waals surface area contributed by atoms with Crippen molar-refractivity contribution in [1.82, 2.24) is 20.6 Å². The van der Waals surface area contributed by atoms with E-state index in [0.29, 0.717) is 10.9 Å². The van der Waals surface area contributed by atoms with E-state index in [2.05, 4.69) is 25.7 Å². The number of H-pyrrole nitrogens is 1. The predicted molar refractivity (Wildman–Crippen MR) is 98.2 cm³/mol. The van der Waals surface area contributed by atoms with Crippen LogP contribution in [0.2, 0.25) is 0 Å². The number of hydrogen-bond acceptors (Lipinski definition) is 6. The number of amides is 1. The largest absolute Gasteiger partial charge is 0.368 e. The highest BCUT2D eigenvalue weighted by Gasteiger charge is 2.09. The van der Waals surface area contributed by atoms with Gasteiger partial charge in [-0.25, -0.2) is 10.5 Å². The second kappa shape index (κ2) is 8.11. The van der Waals surface area contributed by atoms with Crippen molar-refractivity contribution in [2.75, 3.05) is 11.5 Å². The maximum atomic E-state index is 12.1. The average Bonchev–Trinajstić information content (AvgIpc) is 3.07. The summed E-state index contributed by atoms with van der Waals surface area (Å²) >= 11 is 1.18. The van der Waals surface area contributed by atoms with Crippen LogP contribution in [0.3, 0.4) is 0 Å². The zero-order valence-corrected chi connectivity index (χ0v) is 14.0.